The average Bonchev–Trinajstić information content (AvgIpc) is 2.19. The Morgan fingerprint density at radius 1 is 1.38 bits per heavy atom. The van der Waals surface area contributed by atoms with Gasteiger partial charge >= 0.3 is 6.18 Å². The standard InChI is InChI=1S/C11H8F3NO/c12-11(13,14)10-7-9(15)5-4-8(10)3-1-2-6-16/h4-7H,2,15H2. The Morgan fingerprint density at radius 3 is 2.62 bits per heavy atom. The van der Waals surface area contributed by atoms with Crippen LogP contribution in [0.15, 0.2) is 18.2 Å². The summed E-state index contributed by atoms with van der Waals surface area (Å²) in [5.41, 5.74) is 4.24. The lowest BCUT2D eigenvalue weighted by Crippen LogP contribution is -2.08. The van der Waals surface area contributed by atoms with Gasteiger partial charge in [0.1, 0.15) is 6.29 Å². The number of alkyl halides is 3. The van der Waals surface area contributed by atoms with Crippen molar-refractivity contribution in [2.45, 2.75) is 12.6 Å². The number of carbonyl (C=O) groups excluding carboxylic acids is 1. The molecule has 16 heavy (non-hydrogen) atoms. The van der Waals surface area contributed by atoms with Crippen LogP contribution in [-0.2, 0) is 11.0 Å². The van der Waals surface area contributed by atoms with E-state index >= 15 is 0 Å². The molecule has 0 aliphatic heterocycles. The minimum atomic E-state index is -4.50. The predicted molar refractivity (Wildman–Crippen MR) is 53.4 cm³/mol. The lowest BCUT2D eigenvalue weighted by atomic mass is 10.1. The molecule has 0 atom stereocenters. The number of nitrogen functional groups attached to an aromatic ring is 1. The molecule has 0 aliphatic carbocycles. The van der Waals surface area contributed by atoms with Gasteiger partial charge in [0.2, 0.25) is 0 Å². The first-order chi connectivity index (χ1) is 7.45. The minimum absolute atomic E-state index is 0.0215. The van der Waals surface area contributed by atoms with E-state index in [1.807, 2.05) is 0 Å². The summed E-state index contributed by atoms with van der Waals surface area (Å²) in [5.74, 6) is 4.62. The monoisotopic (exact) mass is 227 g/mol. The van der Waals surface area contributed by atoms with Gasteiger partial charge in [0.05, 0.1) is 12.0 Å². The van der Waals surface area contributed by atoms with Crippen LogP contribution in [0.1, 0.15) is 17.5 Å². The normalized spacial score (nSPS) is 10.4. The summed E-state index contributed by atoms with van der Waals surface area (Å²) in [6, 6.07) is 3.35. The maximum absolute atomic E-state index is 12.5. The third-order valence-electron chi connectivity index (χ3n) is 1.76. The molecule has 0 saturated carbocycles. The quantitative estimate of drug-likeness (QED) is 0.454. The third kappa shape index (κ3) is 3.02. The highest BCUT2D eigenvalue weighted by molar-refractivity contribution is 5.57. The molecule has 0 saturated heterocycles. The number of halogens is 3. The van der Waals surface area contributed by atoms with Crippen molar-refractivity contribution in [2.24, 2.45) is 0 Å². The van der Waals surface area contributed by atoms with Crippen molar-refractivity contribution in [3.63, 3.8) is 0 Å². The van der Waals surface area contributed by atoms with E-state index in [0.717, 1.165) is 6.07 Å². The van der Waals surface area contributed by atoms with Crippen LogP contribution in [0.3, 0.4) is 0 Å². The van der Waals surface area contributed by atoms with Crippen molar-refractivity contribution in [2.75, 3.05) is 5.73 Å². The molecule has 0 radical (unpaired) electrons. The molecule has 0 aromatic heterocycles. The van der Waals surface area contributed by atoms with Crippen molar-refractivity contribution in [1.29, 1.82) is 0 Å². The van der Waals surface area contributed by atoms with Gasteiger partial charge in [0, 0.05) is 11.3 Å². The number of anilines is 1. The molecule has 0 aliphatic rings. The van der Waals surface area contributed by atoms with Gasteiger partial charge in [-0.05, 0) is 18.2 Å². The Bertz CT molecular complexity index is 455. The molecule has 5 heteroatoms. The van der Waals surface area contributed by atoms with Crippen LogP contribution >= 0.6 is 0 Å². The number of hydrogen-bond acceptors (Lipinski definition) is 2. The van der Waals surface area contributed by atoms with Crippen molar-refractivity contribution in [3.8, 4) is 11.8 Å². The van der Waals surface area contributed by atoms with Crippen LogP contribution in [-0.4, -0.2) is 6.29 Å². The van der Waals surface area contributed by atoms with Crippen molar-refractivity contribution >= 4 is 12.0 Å². The molecule has 0 spiro atoms. The van der Waals surface area contributed by atoms with Crippen LogP contribution in [0, 0.1) is 11.8 Å². The molecule has 0 heterocycles. The smallest absolute Gasteiger partial charge is 0.399 e. The molecular weight excluding hydrogens is 219 g/mol. The first-order valence-corrected chi connectivity index (χ1v) is 4.34. The van der Waals surface area contributed by atoms with E-state index in [0.29, 0.717) is 6.29 Å². The fraction of sp³-hybridized carbons (Fsp3) is 0.182. The Balaban J connectivity index is 3.20. The van der Waals surface area contributed by atoms with Crippen LogP contribution < -0.4 is 5.73 Å². The van der Waals surface area contributed by atoms with E-state index in [1.54, 1.807) is 0 Å². The first kappa shape index (κ1) is 12.1. The maximum atomic E-state index is 12.5. The number of rotatable bonds is 1. The summed E-state index contributed by atoms with van der Waals surface area (Å²) >= 11 is 0. The first-order valence-electron chi connectivity index (χ1n) is 4.34. The van der Waals surface area contributed by atoms with E-state index in [1.165, 1.54) is 12.1 Å². The molecule has 0 amide bonds. The Labute approximate surface area is 90.3 Å². The highest BCUT2D eigenvalue weighted by Gasteiger charge is 2.33. The maximum Gasteiger partial charge on any atom is 0.417 e. The van der Waals surface area contributed by atoms with Gasteiger partial charge in [-0.3, -0.25) is 0 Å². The lowest BCUT2D eigenvalue weighted by Gasteiger charge is -2.09. The molecule has 1 aromatic carbocycles. The summed E-state index contributed by atoms with van der Waals surface area (Å²) in [4.78, 5) is 9.99. The second kappa shape index (κ2) is 4.71. The van der Waals surface area contributed by atoms with E-state index < -0.39 is 11.7 Å². The second-order valence-electron chi connectivity index (χ2n) is 2.98. The van der Waals surface area contributed by atoms with Gasteiger partial charge in [-0.25, -0.2) is 0 Å². The van der Waals surface area contributed by atoms with Gasteiger partial charge in [0.15, 0.2) is 0 Å². The Hall–Kier alpha value is -1.96. The molecular formula is C11H8F3NO. The number of hydrogen-bond donors (Lipinski definition) is 1. The van der Waals surface area contributed by atoms with E-state index in [-0.39, 0.29) is 17.7 Å². The van der Waals surface area contributed by atoms with Gasteiger partial charge < -0.3 is 10.5 Å². The Morgan fingerprint density at radius 2 is 2.06 bits per heavy atom. The number of aldehydes is 1. The van der Waals surface area contributed by atoms with E-state index in [9.17, 15) is 18.0 Å². The highest BCUT2D eigenvalue weighted by atomic mass is 19.4. The average molecular weight is 227 g/mol. The molecule has 84 valence electrons. The summed E-state index contributed by atoms with van der Waals surface area (Å²) in [7, 11) is 0. The third-order valence-corrected chi connectivity index (χ3v) is 1.76. The predicted octanol–water partition coefficient (Wildman–Crippen LogP) is 2.23. The highest BCUT2D eigenvalue weighted by Crippen LogP contribution is 2.32. The van der Waals surface area contributed by atoms with Crippen molar-refractivity contribution in [1.82, 2.24) is 0 Å². The fourth-order valence-electron chi connectivity index (χ4n) is 1.09. The zero-order valence-corrected chi connectivity index (χ0v) is 8.14. The summed E-state index contributed by atoms with van der Waals surface area (Å²) in [6.07, 6.45) is -4.07. The zero-order valence-electron chi connectivity index (χ0n) is 8.14. The van der Waals surface area contributed by atoms with E-state index in [2.05, 4.69) is 11.8 Å². The molecule has 0 unspecified atom stereocenters. The van der Waals surface area contributed by atoms with Crippen molar-refractivity contribution in [3.05, 3.63) is 29.3 Å². The molecule has 0 bridgehead atoms. The van der Waals surface area contributed by atoms with Gasteiger partial charge in [-0.1, -0.05) is 11.8 Å². The van der Waals surface area contributed by atoms with Crippen molar-refractivity contribution < 1.29 is 18.0 Å². The second-order valence-corrected chi connectivity index (χ2v) is 2.98. The minimum Gasteiger partial charge on any atom is -0.399 e. The summed E-state index contributed by atoms with van der Waals surface area (Å²) in [5, 5.41) is 0. The molecule has 2 nitrogen and oxygen atoms in total. The topological polar surface area (TPSA) is 43.1 Å². The lowest BCUT2D eigenvalue weighted by molar-refractivity contribution is -0.137. The number of carbonyl (C=O) groups is 1. The van der Waals surface area contributed by atoms with Gasteiger partial charge in [0.25, 0.3) is 0 Å². The van der Waals surface area contributed by atoms with Gasteiger partial charge in [-0.15, -0.1) is 0 Å². The van der Waals surface area contributed by atoms with Crippen LogP contribution in [0.25, 0.3) is 0 Å². The molecule has 0 fully saturated rings. The molecule has 2 N–H and O–H groups in total. The fourth-order valence-corrected chi connectivity index (χ4v) is 1.09. The number of benzene rings is 1. The van der Waals surface area contributed by atoms with Crippen LogP contribution in [0.2, 0.25) is 0 Å². The largest absolute Gasteiger partial charge is 0.417 e. The van der Waals surface area contributed by atoms with Crippen LogP contribution in [0.5, 0.6) is 0 Å². The number of nitrogens with two attached hydrogens (primary N) is 1. The Kier molecular flexibility index (Phi) is 3.56. The molecule has 1 aromatic rings. The van der Waals surface area contributed by atoms with Crippen LogP contribution in [0.4, 0.5) is 18.9 Å². The summed E-state index contributed by atoms with van der Waals surface area (Å²) < 4.78 is 37.6. The SMILES string of the molecule is Nc1ccc(C#CCC=O)c(C(F)(F)F)c1. The zero-order chi connectivity index (χ0) is 12.2. The van der Waals surface area contributed by atoms with Gasteiger partial charge in [-0.2, -0.15) is 13.2 Å². The molecule has 1 rings (SSSR count). The summed E-state index contributed by atoms with van der Waals surface area (Å²) in [6.45, 7) is 0. The van der Waals surface area contributed by atoms with E-state index in [4.69, 9.17) is 5.73 Å².